The van der Waals surface area contributed by atoms with Gasteiger partial charge in [-0.25, -0.2) is 4.79 Å². The van der Waals surface area contributed by atoms with Gasteiger partial charge in [0.1, 0.15) is 48.0 Å². The van der Waals surface area contributed by atoms with Crippen LogP contribution in [0.1, 0.15) is 37.0 Å². The zero-order valence-corrected chi connectivity index (χ0v) is 39.6. The minimum absolute atomic E-state index is 0.0842. The van der Waals surface area contributed by atoms with Crippen LogP contribution in [-0.2, 0) is 62.4 Å². The average molecular weight is 1010 g/mol. The SMILES string of the molecule is C[C@@H](NC(=O)[C@@H](CO)NC(=O)[C@@H](N)Cc1c[nH]c2ccccc12)C(=O)N[C@H](C(=O)N[C@@H](Cc1c[nH]c2ccccc12)C(=O)N[C@@H](CO)C(=O)N[C@@H](CC(N)=O)C(=O)N[C@@H](Cc1ccc(O)cc1)C(=O)O)[C@@H](C)O. The van der Waals surface area contributed by atoms with E-state index in [9.17, 15) is 68.7 Å². The number of aromatic hydroxyl groups is 1. The van der Waals surface area contributed by atoms with Crippen LogP contribution in [-0.4, -0.2) is 156 Å². The van der Waals surface area contributed by atoms with E-state index in [-0.39, 0.29) is 25.0 Å². The van der Waals surface area contributed by atoms with Crippen molar-refractivity contribution < 1.29 is 68.7 Å². The number of primary amides is 1. The normalized spacial score (nSPS) is 14.9. The van der Waals surface area contributed by atoms with Gasteiger partial charge in [0.2, 0.25) is 47.3 Å². The number of carbonyl (C=O) groups excluding carboxylic acids is 8. The Morgan fingerprint density at radius 3 is 1.55 bits per heavy atom. The molecule has 25 nitrogen and oxygen atoms in total. The monoisotopic (exact) mass is 1010 g/mol. The van der Waals surface area contributed by atoms with E-state index >= 15 is 0 Å². The second kappa shape index (κ2) is 25.6. The van der Waals surface area contributed by atoms with Crippen LogP contribution in [0.15, 0.2) is 85.2 Å². The highest BCUT2D eigenvalue weighted by Gasteiger charge is 2.36. The maximum atomic E-state index is 14.1. The molecule has 3 aromatic carbocycles. The van der Waals surface area contributed by atoms with Gasteiger partial charge in [-0.05, 0) is 61.2 Å². The van der Waals surface area contributed by atoms with Crippen molar-refractivity contribution in [3.63, 3.8) is 0 Å². The molecule has 9 atom stereocenters. The van der Waals surface area contributed by atoms with Crippen LogP contribution in [0.5, 0.6) is 5.75 Å². The third-order valence-corrected chi connectivity index (χ3v) is 11.7. The van der Waals surface area contributed by atoms with Gasteiger partial charge in [-0.15, -0.1) is 0 Å². The Hall–Kier alpha value is -8.39. The summed E-state index contributed by atoms with van der Waals surface area (Å²) >= 11 is 0. The Bertz CT molecular complexity index is 2800. The van der Waals surface area contributed by atoms with Crippen LogP contribution in [0.2, 0.25) is 0 Å². The van der Waals surface area contributed by atoms with Crippen molar-refractivity contribution in [2.24, 2.45) is 11.5 Å². The number of carboxylic acids is 1. The van der Waals surface area contributed by atoms with Crippen LogP contribution in [0.3, 0.4) is 0 Å². The molecular formula is C48H59N11O14. The summed E-state index contributed by atoms with van der Waals surface area (Å²) in [5.41, 5.74) is 14.5. The third-order valence-electron chi connectivity index (χ3n) is 11.7. The van der Waals surface area contributed by atoms with Gasteiger partial charge in [0.05, 0.1) is 31.8 Å². The molecule has 0 unspecified atom stereocenters. The number of carbonyl (C=O) groups is 9. The minimum atomic E-state index is -1.87. The summed E-state index contributed by atoms with van der Waals surface area (Å²) in [7, 11) is 0. The number of aliphatic hydroxyl groups excluding tert-OH is 3. The predicted octanol–water partition coefficient (Wildman–Crippen LogP) is -3.55. The number of fused-ring (bicyclic) bond motifs is 2. The number of aromatic amines is 2. The number of hydrogen-bond donors (Lipinski definition) is 16. The number of nitrogens with one attached hydrogen (secondary N) is 9. The highest BCUT2D eigenvalue weighted by atomic mass is 16.4. The van der Waals surface area contributed by atoms with Crippen molar-refractivity contribution in [3.05, 3.63) is 102 Å². The summed E-state index contributed by atoms with van der Waals surface area (Å²) in [6.45, 7) is 0.374. The lowest BCUT2D eigenvalue weighted by molar-refractivity contribution is -0.142. The molecule has 0 fully saturated rings. The molecule has 0 aliphatic carbocycles. The van der Waals surface area contributed by atoms with Gasteiger partial charge in [-0.1, -0.05) is 48.5 Å². The van der Waals surface area contributed by atoms with Crippen LogP contribution >= 0.6 is 0 Å². The molecule has 2 heterocycles. The molecule has 0 aliphatic heterocycles. The number of benzene rings is 3. The first-order chi connectivity index (χ1) is 34.7. The molecule has 2 aromatic heterocycles. The van der Waals surface area contributed by atoms with E-state index in [4.69, 9.17) is 11.5 Å². The van der Waals surface area contributed by atoms with E-state index in [2.05, 4.69) is 47.2 Å². The summed E-state index contributed by atoms with van der Waals surface area (Å²) in [5.74, 6) is -10.1. The fourth-order valence-electron chi connectivity index (χ4n) is 7.65. The van der Waals surface area contributed by atoms with Crippen molar-refractivity contribution in [1.29, 1.82) is 0 Å². The topological polar surface area (TPSA) is 423 Å². The molecular weight excluding hydrogens is 955 g/mol. The molecule has 0 saturated carbocycles. The van der Waals surface area contributed by atoms with E-state index in [0.29, 0.717) is 22.0 Å². The van der Waals surface area contributed by atoms with Crippen molar-refractivity contribution in [1.82, 2.24) is 47.2 Å². The van der Waals surface area contributed by atoms with Crippen LogP contribution in [0.4, 0.5) is 0 Å². The van der Waals surface area contributed by atoms with Gasteiger partial charge in [0, 0.05) is 47.0 Å². The van der Waals surface area contributed by atoms with Crippen molar-refractivity contribution >= 4 is 75.0 Å². The maximum absolute atomic E-state index is 14.1. The van der Waals surface area contributed by atoms with Gasteiger partial charge >= 0.3 is 5.97 Å². The standard InChI is InChI=1S/C48H59N11O14/c1-23(53-45(69)37(21-60)57-42(66)31(49)16-26-19-51-32-9-5-3-7-29(26)32)41(65)59-40(24(2)62)47(71)55-34(17-27-20-52-33-10-6-4-8-30(27)33)43(67)58-38(22-61)46(70)54-35(18-39(50)64)44(68)56-36(48(72)73)15-25-11-13-28(63)14-12-25/h3-14,19-20,23-24,31,34-38,40,51-52,60-63H,15-18,21-22,49H2,1-2H3,(H2,50,64)(H,53,69)(H,54,70)(H,55,71)(H,56,68)(H,57,66)(H,58,67)(H,59,65)(H,72,73)/t23-,24-,31+,34+,35+,36+,37-,38+,40+/m1/s1. The largest absolute Gasteiger partial charge is 0.508 e. The first kappa shape index (κ1) is 55.5. The molecule has 0 bridgehead atoms. The van der Waals surface area contributed by atoms with Gasteiger partial charge < -0.3 is 84.2 Å². The van der Waals surface area contributed by atoms with Crippen molar-refractivity contribution in [2.45, 2.75) is 94.0 Å². The van der Waals surface area contributed by atoms with Crippen LogP contribution in [0.25, 0.3) is 21.8 Å². The molecule has 0 radical (unpaired) electrons. The number of aliphatic carboxylic acids is 1. The van der Waals surface area contributed by atoms with Gasteiger partial charge in [0.25, 0.3) is 0 Å². The number of carboxylic acid groups (broad SMARTS) is 1. The third kappa shape index (κ3) is 15.3. The Morgan fingerprint density at radius 1 is 0.548 bits per heavy atom. The Balaban J connectivity index is 1.26. The number of amides is 8. The van der Waals surface area contributed by atoms with Gasteiger partial charge in [0.15, 0.2) is 0 Å². The number of H-pyrrole nitrogens is 2. The highest BCUT2D eigenvalue weighted by molar-refractivity contribution is 5.99. The fraction of sp³-hybridized carbons (Fsp3) is 0.354. The maximum Gasteiger partial charge on any atom is 0.326 e. The molecule has 73 heavy (non-hydrogen) atoms. The number of rotatable bonds is 26. The Labute approximate surface area is 416 Å². The quantitative estimate of drug-likeness (QED) is 0.0255. The average Bonchev–Trinajstić information content (AvgIpc) is 3.96. The number of para-hydroxylation sites is 2. The fourth-order valence-corrected chi connectivity index (χ4v) is 7.65. The molecule has 0 spiro atoms. The summed E-state index contributed by atoms with van der Waals surface area (Å²) in [5, 5.41) is 68.0. The molecule has 18 N–H and O–H groups in total. The molecule has 0 saturated heterocycles. The summed E-state index contributed by atoms with van der Waals surface area (Å²) in [6, 6.07) is 6.84. The number of nitrogens with two attached hydrogens (primary N) is 2. The van der Waals surface area contributed by atoms with E-state index in [1.54, 1.807) is 36.7 Å². The molecule has 5 rings (SSSR count). The second-order valence-electron chi connectivity index (χ2n) is 17.2. The van der Waals surface area contributed by atoms with Crippen molar-refractivity contribution in [3.8, 4) is 5.75 Å². The Kier molecular flexibility index (Phi) is 19.5. The van der Waals surface area contributed by atoms with Crippen LogP contribution < -0.4 is 48.7 Å². The van der Waals surface area contributed by atoms with E-state index in [1.807, 2.05) is 24.3 Å². The number of aliphatic hydroxyl groups is 3. The molecule has 25 heteroatoms. The number of aromatic nitrogens is 2. The Morgan fingerprint density at radius 2 is 1.01 bits per heavy atom. The summed E-state index contributed by atoms with van der Waals surface area (Å²) in [4.78, 5) is 125. The van der Waals surface area contributed by atoms with E-state index in [1.165, 1.54) is 31.2 Å². The molecule has 5 aromatic rings. The molecule has 390 valence electrons. The highest BCUT2D eigenvalue weighted by Crippen LogP contribution is 2.21. The van der Waals surface area contributed by atoms with Crippen molar-refractivity contribution in [2.75, 3.05) is 13.2 Å². The smallest absolute Gasteiger partial charge is 0.326 e. The lowest BCUT2D eigenvalue weighted by Crippen LogP contribution is -2.62. The second-order valence-corrected chi connectivity index (χ2v) is 17.2. The lowest BCUT2D eigenvalue weighted by Gasteiger charge is -2.27. The van der Waals surface area contributed by atoms with E-state index in [0.717, 1.165) is 23.4 Å². The number of phenolic OH excluding ortho intramolecular Hbond substituents is 1. The number of phenols is 1. The molecule has 0 aliphatic rings. The summed E-state index contributed by atoms with van der Waals surface area (Å²) < 4.78 is 0. The first-order valence-corrected chi connectivity index (χ1v) is 22.9. The lowest BCUT2D eigenvalue weighted by atomic mass is 10.0. The van der Waals surface area contributed by atoms with Gasteiger partial charge in [-0.3, -0.25) is 38.4 Å². The number of hydrogen-bond acceptors (Lipinski definition) is 14. The van der Waals surface area contributed by atoms with Crippen LogP contribution in [0, 0.1) is 0 Å². The van der Waals surface area contributed by atoms with Gasteiger partial charge in [-0.2, -0.15) is 0 Å². The van der Waals surface area contributed by atoms with E-state index < -0.39 is 127 Å². The summed E-state index contributed by atoms with van der Waals surface area (Å²) in [6.07, 6.45) is 0.277. The first-order valence-electron chi connectivity index (χ1n) is 22.9. The minimum Gasteiger partial charge on any atom is -0.508 e. The molecule has 8 amide bonds. The zero-order valence-electron chi connectivity index (χ0n) is 39.6. The predicted molar refractivity (Wildman–Crippen MR) is 260 cm³/mol. The zero-order chi connectivity index (χ0) is 53.5.